The van der Waals surface area contributed by atoms with E-state index in [0.29, 0.717) is 30.6 Å². The van der Waals surface area contributed by atoms with Crippen molar-refractivity contribution in [3.05, 3.63) is 0 Å². The van der Waals surface area contributed by atoms with Crippen molar-refractivity contribution in [2.75, 3.05) is 13.2 Å². The molecule has 0 aliphatic heterocycles. The Morgan fingerprint density at radius 1 is 1.19 bits per heavy atom. The van der Waals surface area contributed by atoms with Crippen molar-refractivity contribution in [1.29, 1.82) is 0 Å². The summed E-state index contributed by atoms with van der Waals surface area (Å²) in [4.78, 5) is 11.9. The molecule has 94 valence electrons. The molecule has 0 aromatic carbocycles. The van der Waals surface area contributed by atoms with Crippen LogP contribution in [0.15, 0.2) is 0 Å². The fraction of sp³-hybridized carbons (Fsp3) is 0.929. The van der Waals surface area contributed by atoms with Crippen molar-refractivity contribution in [2.24, 2.45) is 17.8 Å². The molecule has 16 heavy (non-hydrogen) atoms. The fourth-order valence-corrected chi connectivity index (χ4v) is 2.46. The van der Waals surface area contributed by atoms with E-state index in [1.165, 1.54) is 6.42 Å². The first-order valence-electron chi connectivity index (χ1n) is 6.75. The Kier molecular flexibility index (Phi) is 6.04. The van der Waals surface area contributed by atoms with Crippen molar-refractivity contribution >= 4 is 5.78 Å². The summed E-state index contributed by atoms with van der Waals surface area (Å²) in [5, 5.41) is 0. The van der Waals surface area contributed by atoms with Crippen molar-refractivity contribution in [2.45, 2.75) is 52.9 Å². The zero-order valence-corrected chi connectivity index (χ0v) is 11.0. The third-order valence-corrected chi connectivity index (χ3v) is 3.89. The number of hydrogen-bond acceptors (Lipinski definition) is 2. The molecule has 0 aromatic heterocycles. The van der Waals surface area contributed by atoms with E-state index in [1.807, 2.05) is 0 Å². The highest BCUT2D eigenvalue weighted by Gasteiger charge is 2.28. The molecule has 3 atom stereocenters. The summed E-state index contributed by atoms with van der Waals surface area (Å²) in [6, 6.07) is 0. The van der Waals surface area contributed by atoms with Gasteiger partial charge in [0.1, 0.15) is 5.78 Å². The molecule has 1 aliphatic carbocycles. The second-order valence-electron chi connectivity index (χ2n) is 5.29. The molecule has 0 spiro atoms. The highest BCUT2D eigenvalue weighted by atomic mass is 16.5. The Hall–Kier alpha value is -0.370. The molecule has 0 radical (unpaired) electrons. The minimum Gasteiger partial charge on any atom is -0.381 e. The van der Waals surface area contributed by atoms with Crippen LogP contribution in [0.1, 0.15) is 52.9 Å². The van der Waals surface area contributed by atoms with Crippen molar-refractivity contribution in [1.82, 2.24) is 0 Å². The summed E-state index contributed by atoms with van der Waals surface area (Å²) in [6.07, 6.45) is 5.05. The molecule has 2 nitrogen and oxygen atoms in total. The van der Waals surface area contributed by atoms with E-state index in [9.17, 15) is 4.79 Å². The average Bonchev–Trinajstić information content (AvgIpc) is 2.28. The van der Waals surface area contributed by atoms with Gasteiger partial charge in [0.15, 0.2) is 0 Å². The van der Waals surface area contributed by atoms with Crippen LogP contribution in [0, 0.1) is 17.8 Å². The molecule has 2 heteroatoms. The van der Waals surface area contributed by atoms with Gasteiger partial charge in [-0.3, -0.25) is 4.79 Å². The van der Waals surface area contributed by atoms with Gasteiger partial charge in [-0.2, -0.15) is 0 Å². The first kappa shape index (κ1) is 13.7. The van der Waals surface area contributed by atoms with E-state index in [2.05, 4.69) is 20.8 Å². The summed E-state index contributed by atoms with van der Waals surface area (Å²) in [7, 11) is 0. The summed E-state index contributed by atoms with van der Waals surface area (Å²) >= 11 is 0. The lowest BCUT2D eigenvalue weighted by Gasteiger charge is -2.31. The first-order valence-corrected chi connectivity index (χ1v) is 6.75. The second-order valence-corrected chi connectivity index (χ2v) is 5.29. The normalized spacial score (nSPS) is 30.3. The molecule has 1 fully saturated rings. The summed E-state index contributed by atoms with van der Waals surface area (Å²) in [5.74, 6) is 2.24. The lowest BCUT2D eigenvalue weighted by molar-refractivity contribution is -0.125. The Bertz CT molecular complexity index is 213. The average molecular weight is 226 g/mol. The predicted octanol–water partition coefficient (Wildman–Crippen LogP) is 3.44. The molecule has 0 N–H and O–H groups in total. The third-order valence-electron chi connectivity index (χ3n) is 3.89. The van der Waals surface area contributed by atoms with E-state index < -0.39 is 0 Å². The van der Waals surface area contributed by atoms with Crippen LogP contribution in [0.3, 0.4) is 0 Å². The second kappa shape index (κ2) is 7.05. The van der Waals surface area contributed by atoms with Crippen molar-refractivity contribution < 1.29 is 9.53 Å². The van der Waals surface area contributed by atoms with Gasteiger partial charge in [0.25, 0.3) is 0 Å². The maximum atomic E-state index is 11.9. The van der Waals surface area contributed by atoms with Crippen LogP contribution in [-0.4, -0.2) is 19.0 Å². The van der Waals surface area contributed by atoms with Crippen LogP contribution in [0.2, 0.25) is 0 Å². The van der Waals surface area contributed by atoms with Gasteiger partial charge in [-0.15, -0.1) is 0 Å². The number of ketones is 1. The minimum atomic E-state index is 0.316. The van der Waals surface area contributed by atoms with Crippen LogP contribution in [0.5, 0.6) is 0 Å². The summed E-state index contributed by atoms with van der Waals surface area (Å²) in [5.41, 5.74) is 0. The van der Waals surface area contributed by atoms with Gasteiger partial charge in [-0.05, 0) is 37.5 Å². The Morgan fingerprint density at radius 2 is 1.94 bits per heavy atom. The zero-order valence-electron chi connectivity index (χ0n) is 11.0. The van der Waals surface area contributed by atoms with E-state index in [0.717, 1.165) is 31.8 Å². The highest BCUT2D eigenvalue weighted by Crippen LogP contribution is 2.34. The van der Waals surface area contributed by atoms with Crippen LogP contribution < -0.4 is 0 Å². The topological polar surface area (TPSA) is 26.3 Å². The molecular weight excluding hydrogens is 200 g/mol. The zero-order chi connectivity index (χ0) is 12.0. The number of hydrogen-bond donors (Lipinski definition) is 0. The third kappa shape index (κ3) is 4.25. The monoisotopic (exact) mass is 226 g/mol. The Balaban J connectivity index is 2.21. The SMILES string of the molecule is CCCOCCC(=O)C1CCC(C)C(C)C1. The minimum absolute atomic E-state index is 0.316. The van der Waals surface area contributed by atoms with Gasteiger partial charge < -0.3 is 4.74 Å². The quantitative estimate of drug-likeness (QED) is 0.648. The Labute approximate surface area is 99.8 Å². The smallest absolute Gasteiger partial charge is 0.138 e. The molecule has 0 saturated heterocycles. The lowest BCUT2D eigenvalue weighted by atomic mass is 9.74. The standard InChI is InChI=1S/C14H26O2/c1-4-8-16-9-7-14(15)13-6-5-11(2)12(3)10-13/h11-13H,4-10H2,1-3H3. The predicted molar refractivity (Wildman–Crippen MR) is 66.4 cm³/mol. The van der Waals surface area contributed by atoms with Gasteiger partial charge >= 0.3 is 0 Å². The van der Waals surface area contributed by atoms with Crippen molar-refractivity contribution in [3.8, 4) is 0 Å². The lowest BCUT2D eigenvalue weighted by Crippen LogP contribution is -2.27. The van der Waals surface area contributed by atoms with E-state index in [1.54, 1.807) is 0 Å². The molecule has 0 amide bonds. The highest BCUT2D eigenvalue weighted by molar-refractivity contribution is 5.81. The molecule has 0 aromatic rings. The molecule has 3 unspecified atom stereocenters. The molecular formula is C14H26O2. The van der Waals surface area contributed by atoms with Crippen LogP contribution >= 0.6 is 0 Å². The molecule has 1 rings (SSSR count). The van der Waals surface area contributed by atoms with E-state index in [-0.39, 0.29) is 0 Å². The Morgan fingerprint density at radius 3 is 2.56 bits per heavy atom. The van der Waals surface area contributed by atoms with Gasteiger partial charge in [-0.1, -0.05) is 20.8 Å². The van der Waals surface area contributed by atoms with Crippen LogP contribution in [0.25, 0.3) is 0 Å². The molecule has 1 saturated carbocycles. The van der Waals surface area contributed by atoms with Crippen LogP contribution in [-0.2, 0) is 9.53 Å². The summed E-state index contributed by atoms with van der Waals surface area (Å²) in [6.45, 7) is 8.07. The largest absolute Gasteiger partial charge is 0.381 e. The summed E-state index contributed by atoms with van der Waals surface area (Å²) < 4.78 is 5.37. The number of ether oxygens (including phenoxy) is 1. The van der Waals surface area contributed by atoms with E-state index >= 15 is 0 Å². The maximum Gasteiger partial charge on any atom is 0.138 e. The number of Topliss-reactive ketones (excluding diaryl/α,β-unsaturated/α-hetero) is 1. The molecule has 0 heterocycles. The van der Waals surface area contributed by atoms with Gasteiger partial charge in [-0.25, -0.2) is 0 Å². The number of carbonyl (C=O) groups is 1. The van der Waals surface area contributed by atoms with Crippen LogP contribution in [0.4, 0.5) is 0 Å². The van der Waals surface area contributed by atoms with Crippen molar-refractivity contribution in [3.63, 3.8) is 0 Å². The van der Waals surface area contributed by atoms with Gasteiger partial charge in [0.05, 0.1) is 6.61 Å². The first-order chi connectivity index (χ1) is 7.65. The van der Waals surface area contributed by atoms with Gasteiger partial charge in [0, 0.05) is 18.9 Å². The molecule has 1 aliphatic rings. The number of rotatable bonds is 6. The number of carbonyl (C=O) groups excluding carboxylic acids is 1. The van der Waals surface area contributed by atoms with Gasteiger partial charge in [0.2, 0.25) is 0 Å². The fourth-order valence-electron chi connectivity index (χ4n) is 2.46. The van der Waals surface area contributed by atoms with E-state index in [4.69, 9.17) is 4.74 Å². The maximum absolute atomic E-state index is 11.9. The molecule has 0 bridgehead atoms.